The Morgan fingerprint density at radius 2 is 2.00 bits per heavy atom. The van der Waals surface area contributed by atoms with Crippen LogP contribution >= 0.6 is 0 Å². The molecular weight excluding hydrogens is 258 g/mol. The Morgan fingerprint density at radius 1 is 1.39 bits per heavy atom. The van der Waals surface area contributed by atoms with Gasteiger partial charge in [0.15, 0.2) is 0 Å². The molecule has 0 fully saturated rings. The maximum Gasteiger partial charge on any atom is 0.335 e. The van der Waals surface area contributed by atoms with Crippen LogP contribution in [0, 0.1) is 0 Å². The summed E-state index contributed by atoms with van der Waals surface area (Å²) in [5, 5.41) is 8.96. The van der Waals surface area contributed by atoms with Gasteiger partial charge < -0.3 is 9.84 Å². The van der Waals surface area contributed by atoms with Gasteiger partial charge >= 0.3 is 5.97 Å². The van der Waals surface area contributed by atoms with Gasteiger partial charge in [-0.2, -0.15) is 0 Å². The van der Waals surface area contributed by atoms with Gasteiger partial charge in [-0.3, -0.25) is 4.31 Å². The van der Waals surface area contributed by atoms with Crippen LogP contribution in [0.2, 0.25) is 0 Å². The number of carboxylic acids is 1. The number of rotatable bonds is 5. The third kappa shape index (κ3) is 3.36. The average Bonchev–Trinajstić information content (AvgIpc) is 2.26. The lowest BCUT2D eigenvalue weighted by Crippen LogP contribution is -2.25. The van der Waals surface area contributed by atoms with Crippen molar-refractivity contribution in [3.63, 3.8) is 0 Å². The Bertz CT molecular complexity index is 553. The second-order valence-corrected chi connectivity index (χ2v) is 5.70. The van der Waals surface area contributed by atoms with Gasteiger partial charge in [-0.15, -0.1) is 0 Å². The summed E-state index contributed by atoms with van der Waals surface area (Å²) in [5.41, 5.74) is 0.229. The molecule has 0 unspecified atom stereocenters. The van der Waals surface area contributed by atoms with Crippen LogP contribution in [0.5, 0.6) is 5.75 Å². The van der Waals surface area contributed by atoms with E-state index in [1.165, 1.54) is 25.2 Å². The number of carboxylic acid groups (broad SMARTS) is 1. The van der Waals surface area contributed by atoms with E-state index in [0.717, 1.165) is 10.6 Å². The predicted molar refractivity (Wildman–Crippen MR) is 67.8 cm³/mol. The topological polar surface area (TPSA) is 83.9 Å². The lowest BCUT2D eigenvalue weighted by Gasteiger charge is -2.18. The molecule has 0 aromatic heterocycles. The highest BCUT2D eigenvalue weighted by Gasteiger charge is 2.16. The van der Waals surface area contributed by atoms with Crippen LogP contribution in [0.25, 0.3) is 0 Å². The number of aromatic carboxylic acids is 1. The van der Waals surface area contributed by atoms with E-state index >= 15 is 0 Å². The normalized spacial score (nSPS) is 11.1. The van der Waals surface area contributed by atoms with Crippen LogP contribution in [0.3, 0.4) is 0 Å². The van der Waals surface area contributed by atoms with Gasteiger partial charge in [0.2, 0.25) is 10.0 Å². The lowest BCUT2D eigenvalue weighted by atomic mass is 10.2. The van der Waals surface area contributed by atoms with Gasteiger partial charge in [-0.1, -0.05) is 0 Å². The number of ether oxygens (including phenoxy) is 1. The van der Waals surface area contributed by atoms with Gasteiger partial charge in [0.1, 0.15) is 5.75 Å². The molecule has 0 saturated heterocycles. The highest BCUT2D eigenvalue weighted by molar-refractivity contribution is 7.92. The van der Waals surface area contributed by atoms with Crippen LogP contribution in [0.4, 0.5) is 5.69 Å². The summed E-state index contributed by atoms with van der Waals surface area (Å²) in [4.78, 5) is 11.0. The molecule has 0 atom stereocenters. The third-order valence-corrected chi connectivity index (χ3v) is 3.52. The van der Waals surface area contributed by atoms with Crippen LogP contribution < -0.4 is 9.04 Å². The standard InChI is InChI=1S/C11H15NO5S/c1-4-17-10-6-8(11(13)14)5-9(7-10)12(2)18(3,15)16/h5-7H,4H2,1-3H3,(H,13,14). The van der Waals surface area contributed by atoms with Gasteiger partial charge in [0.05, 0.1) is 24.1 Å². The van der Waals surface area contributed by atoms with Crippen molar-refractivity contribution in [2.45, 2.75) is 6.92 Å². The van der Waals surface area contributed by atoms with Crippen molar-refractivity contribution in [2.24, 2.45) is 0 Å². The molecule has 1 aromatic carbocycles. The first kappa shape index (κ1) is 14.3. The summed E-state index contributed by atoms with van der Waals surface area (Å²) in [6.45, 7) is 2.12. The SMILES string of the molecule is CCOc1cc(C(=O)O)cc(N(C)S(C)(=O)=O)c1. The number of benzene rings is 1. The number of hydrogen-bond donors (Lipinski definition) is 1. The molecule has 100 valence electrons. The molecule has 18 heavy (non-hydrogen) atoms. The molecule has 7 heteroatoms. The van der Waals surface area contributed by atoms with Crippen molar-refractivity contribution in [3.05, 3.63) is 23.8 Å². The van der Waals surface area contributed by atoms with E-state index in [4.69, 9.17) is 9.84 Å². The molecule has 0 saturated carbocycles. The fourth-order valence-electron chi connectivity index (χ4n) is 1.33. The quantitative estimate of drug-likeness (QED) is 0.870. The maximum atomic E-state index is 11.4. The molecule has 0 aliphatic carbocycles. The Morgan fingerprint density at radius 3 is 2.44 bits per heavy atom. The first-order valence-electron chi connectivity index (χ1n) is 5.20. The van der Waals surface area contributed by atoms with E-state index < -0.39 is 16.0 Å². The summed E-state index contributed by atoms with van der Waals surface area (Å²) >= 11 is 0. The highest BCUT2D eigenvalue weighted by Crippen LogP contribution is 2.25. The van der Waals surface area contributed by atoms with Gasteiger partial charge in [0.25, 0.3) is 0 Å². The number of sulfonamides is 1. The maximum absolute atomic E-state index is 11.4. The molecule has 0 amide bonds. The van der Waals surface area contributed by atoms with Crippen LogP contribution in [0.1, 0.15) is 17.3 Å². The molecule has 0 bridgehead atoms. The van der Waals surface area contributed by atoms with E-state index in [-0.39, 0.29) is 11.3 Å². The summed E-state index contributed by atoms with van der Waals surface area (Å²) in [7, 11) is -2.09. The Kier molecular flexibility index (Phi) is 4.18. The smallest absolute Gasteiger partial charge is 0.335 e. The zero-order valence-corrected chi connectivity index (χ0v) is 11.2. The highest BCUT2D eigenvalue weighted by atomic mass is 32.2. The first-order chi connectivity index (χ1) is 8.25. The fourth-order valence-corrected chi connectivity index (χ4v) is 1.82. The van der Waals surface area contributed by atoms with Crippen LogP contribution in [0.15, 0.2) is 18.2 Å². The van der Waals surface area contributed by atoms with Gasteiger partial charge in [-0.25, -0.2) is 13.2 Å². The molecule has 0 aliphatic heterocycles. The summed E-state index contributed by atoms with van der Waals surface area (Å²) in [6.07, 6.45) is 1.04. The second-order valence-electron chi connectivity index (χ2n) is 3.68. The van der Waals surface area contributed by atoms with Gasteiger partial charge in [0, 0.05) is 13.1 Å². The van der Waals surface area contributed by atoms with Crippen LogP contribution in [-0.2, 0) is 10.0 Å². The van der Waals surface area contributed by atoms with E-state index in [1.807, 2.05) is 0 Å². The molecule has 0 aliphatic rings. The monoisotopic (exact) mass is 273 g/mol. The third-order valence-electron chi connectivity index (χ3n) is 2.31. The van der Waals surface area contributed by atoms with Crippen molar-refractivity contribution in [1.29, 1.82) is 0 Å². The first-order valence-corrected chi connectivity index (χ1v) is 7.05. The van der Waals surface area contributed by atoms with E-state index in [0.29, 0.717) is 12.4 Å². The summed E-state index contributed by atoms with van der Waals surface area (Å²) in [5.74, 6) is -0.817. The van der Waals surface area contributed by atoms with Crippen molar-refractivity contribution in [1.82, 2.24) is 0 Å². The molecule has 0 radical (unpaired) electrons. The van der Waals surface area contributed by atoms with E-state index in [9.17, 15) is 13.2 Å². The zero-order chi connectivity index (χ0) is 13.9. The number of carbonyl (C=O) groups is 1. The molecule has 1 N–H and O–H groups in total. The number of anilines is 1. The van der Waals surface area contributed by atoms with Crippen molar-refractivity contribution in [2.75, 3.05) is 24.2 Å². The predicted octanol–water partition coefficient (Wildman–Crippen LogP) is 1.18. The van der Waals surface area contributed by atoms with Crippen LogP contribution in [-0.4, -0.2) is 39.4 Å². The molecule has 6 nitrogen and oxygen atoms in total. The molecule has 1 aromatic rings. The fraction of sp³-hybridized carbons (Fsp3) is 0.364. The average molecular weight is 273 g/mol. The summed E-state index contributed by atoms with van der Waals surface area (Å²) < 4.78 is 29.1. The zero-order valence-electron chi connectivity index (χ0n) is 10.4. The molecule has 1 rings (SSSR count). The van der Waals surface area contributed by atoms with E-state index in [1.54, 1.807) is 6.92 Å². The Labute approximate surface area is 106 Å². The van der Waals surface area contributed by atoms with Crippen molar-refractivity contribution >= 4 is 21.7 Å². The molecular formula is C11H15NO5S. The molecule has 0 heterocycles. The largest absolute Gasteiger partial charge is 0.494 e. The number of nitrogens with zero attached hydrogens (tertiary/aromatic N) is 1. The number of hydrogen-bond acceptors (Lipinski definition) is 4. The second kappa shape index (κ2) is 5.26. The van der Waals surface area contributed by atoms with Crippen molar-refractivity contribution in [3.8, 4) is 5.75 Å². The molecule has 0 spiro atoms. The lowest BCUT2D eigenvalue weighted by molar-refractivity contribution is 0.0696. The Balaban J connectivity index is 3.31. The van der Waals surface area contributed by atoms with E-state index in [2.05, 4.69) is 0 Å². The minimum Gasteiger partial charge on any atom is -0.494 e. The van der Waals surface area contributed by atoms with Gasteiger partial charge in [-0.05, 0) is 19.1 Å². The minimum absolute atomic E-state index is 0.0218. The van der Waals surface area contributed by atoms with Crippen molar-refractivity contribution < 1.29 is 23.1 Å². The minimum atomic E-state index is -3.45. The Hall–Kier alpha value is -1.76. The summed E-state index contributed by atoms with van der Waals surface area (Å²) in [6, 6.07) is 4.12.